The lowest BCUT2D eigenvalue weighted by atomic mass is 9.96. The molecule has 1 amide bonds. The van der Waals surface area contributed by atoms with Crippen molar-refractivity contribution in [2.75, 3.05) is 12.4 Å². The van der Waals surface area contributed by atoms with Crippen LogP contribution in [-0.2, 0) is 10.0 Å². The molecule has 0 bridgehead atoms. The minimum absolute atomic E-state index is 0.0617. The number of amides is 1. The quantitative estimate of drug-likeness (QED) is 0.864. The number of rotatable bonds is 5. The van der Waals surface area contributed by atoms with Crippen molar-refractivity contribution >= 4 is 32.4 Å². The lowest BCUT2D eigenvalue weighted by Gasteiger charge is -2.30. The number of aromatic nitrogens is 1. The molecule has 1 aromatic heterocycles. The van der Waals surface area contributed by atoms with Gasteiger partial charge in [-0.05, 0) is 37.1 Å². The van der Waals surface area contributed by atoms with Gasteiger partial charge in [0.1, 0.15) is 0 Å². The topological polar surface area (TPSA) is 79.4 Å². The Morgan fingerprint density at radius 3 is 2.48 bits per heavy atom. The fourth-order valence-electron chi connectivity index (χ4n) is 3.04. The Balaban J connectivity index is 1.73. The van der Waals surface area contributed by atoms with Gasteiger partial charge < -0.3 is 0 Å². The van der Waals surface area contributed by atoms with Gasteiger partial charge in [-0.1, -0.05) is 19.3 Å². The van der Waals surface area contributed by atoms with Crippen molar-refractivity contribution in [2.45, 2.75) is 43.0 Å². The number of hydrogen-bond acceptors (Lipinski definition) is 5. The number of nitrogens with zero attached hydrogens (tertiary/aromatic N) is 2. The monoisotopic (exact) mass is 379 g/mol. The number of benzene rings is 1. The van der Waals surface area contributed by atoms with Gasteiger partial charge in [0.2, 0.25) is 10.0 Å². The van der Waals surface area contributed by atoms with E-state index in [1.54, 1.807) is 18.6 Å². The number of thiazole rings is 1. The van der Waals surface area contributed by atoms with E-state index in [9.17, 15) is 13.2 Å². The molecule has 0 unspecified atom stereocenters. The maximum atomic E-state index is 12.8. The summed E-state index contributed by atoms with van der Waals surface area (Å²) in [6.45, 7) is 0. The molecule has 0 atom stereocenters. The molecule has 0 radical (unpaired) electrons. The van der Waals surface area contributed by atoms with Gasteiger partial charge >= 0.3 is 0 Å². The predicted octanol–water partition coefficient (Wildman–Crippen LogP) is 3.35. The molecular formula is C17H21N3O3S2. The number of sulfonamides is 1. The molecule has 0 spiro atoms. The van der Waals surface area contributed by atoms with Gasteiger partial charge in [0.25, 0.3) is 5.91 Å². The Bertz CT molecular complexity index is 811. The molecule has 25 heavy (non-hydrogen) atoms. The highest BCUT2D eigenvalue weighted by atomic mass is 32.2. The van der Waals surface area contributed by atoms with Crippen molar-refractivity contribution in [3.8, 4) is 0 Å². The summed E-state index contributed by atoms with van der Waals surface area (Å²) in [4.78, 5) is 16.4. The molecule has 1 aromatic carbocycles. The summed E-state index contributed by atoms with van der Waals surface area (Å²) in [6, 6.07) is 6.11. The van der Waals surface area contributed by atoms with E-state index >= 15 is 0 Å². The fourth-order valence-corrected chi connectivity index (χ4v) is 4.98. The zero-order valence-electron chi connectivity index (χ0n) is 14.0. The number of nitrogens with one attached hydrogen (secondary N) is 1. The highest BCUT2D eigenvalue weighted by molar-refractivity contribution is 7.89. The molecule has 1 aliphatic carbocycles. The summed E-state index contributed by atoms with van der Waals surface area (Å²) in [5, 5.41) is 4.96. The molecule has 1 fully saturated rings. The molecule has 1 saturated carbocycles. The van der Waals surface area contributed by atoms with Crippen LogP contribution in [0.1, 0.15) is 42.5 Å². The molecule has 2 aromatic rings. The van der Waals surface area contributed by atoms with Crippen LogP contribution in [0.25, 0.3) is 0 Å². The van der Waals surface area contributed by atoms with Crippen molar-refractivity contribution in [1.29, 1.82) is 0 Å². The van der Waals surface area contributed by atoms with E-state index in [2.05, 4.69) is 10.3 Å². The van der Waals surface area contributed by atoms with Crippen molar-refractivity contribution in [1.82, 2.24) is 9.29 Å². The van der Waals surface area contributed by atoms with Crippen LogP contribution in [0.15, 0.2) is 40.7 Å². The highest BCUT2D eigenvalue weighted by Gasteiger charge is 2.29. The van der Waals surface area contributed by atoms with E-state index in [1.165, 1.54) is 46.3 Å². The minimum Gasteiger partial charge on any atom is -0.298 e. The minimum atomic E-state index is -3.54. The SMILES string of the molecule is CN(C1CCCCC1)S(=O)(=O)c1ccc(C(=O)Nc2nccs2)cc1. The first kappa shape index (κ1) is 18.0. The molecule has 0 saturated heterocycles. The van der Waals surface area contributed by atoms with Crippen LogP contribution in [0.3, 0.4) is 0 Å². The molecule has 1 heterocycles. The number of carbonyl (C=O) groups excluding carboxylic acids is 1. The molecule has 1 aliphatic rings. The Kier molecular flexibility index (Phi) is 5.51. The molecular weight excluding hydrogens is 358 g/mol. The normalized spacial score (nSPS) is 16.1. The van der Waals surface area contributed by atoms with Crippen LogP contribution in [0, 0.1) is 0 Å². The predicted molar refractivity (Wildman–Crippen MR) is 98.3 cm³/mol. The summed E-state index contributed by atoms with van der Waals surface area (Å²) in [5.41, 5.74) is 0.398. The Labute approximate surface area is 151 Å². The van der Waals surface area contributed by atoms with Crippen molar-refractivity contribution in [3.63, 3.8) is 0 Å². The van der Waals surface area contributed by atoms with Gasteiger partial charge in [0, 0.05) is 30.2 Å². The van der Waals surface area contributed by atoms with E-state index in [-0.39, 0.29) is 16.8 Å². The molecule has 8 heteroatoms. The first-order chi connectivity index (χ1) is 12.0. The van der Waals surface area contributed by atoms with Crippen LogP contribution >= 0.6 is 11.3 Å². The van der Waals surface area contributed by atoms with E-state index in [0.29, 0.717) is 10.7 Å². The number of anilines is 1. The molecule has 1 N–H and O–H groups in total. The van der Waals surface area contributed by atoms with Crippen LogP contribution in [-0.4, -0.2) is 36.7 Å². The first-order valence-electron chi connectivity index (χ1n) is 8.27. The molecule has 3 rings (SSSR count). The fraction of sp³-hybridized carbons (Fsp3) is 0.412. The molecule has 6 nitrogen and oxygen atoms in total. The molecule has 134 valence electrons. The smallest absolute Gasteiger partial charge is 0.257 e. The van der Waals surface area contributed by atoms with Gasteiger partial charge in [-0.25, -0.2) is 13.4 Å². The van der Waals surface area contributed by atoms with Gasteiger partial charge in [-0.2, -0.15) is 4.31 Å². The van der Waals surface area contributed by atoms with Gasteiger partial charge in [-0.15, -0.1) is 11.3 Å². The molecule has 0 aliphatic heterocycles. The third-order valence-corrected chi connectivity index (χ3v) is 7.15. The van der Waals surface area contributed by atoms with Gasteiger partial charge in [0.15, 0.2) is 5.13 Å². The Morgan fingerprint density at radius 1 is 1.20 bits per heavy atom. The van der Waals surface area contributed by atoms with Crippen molar-refractivity contribution < 1.29 is 13.2 Å². The van der Waals surface area contributed by atoms with E-state index in [0.717, 1.165) is 25.7 Å². The lowest BCUT2D eigenvalue weighted by Crippen LogP contribution is -2.38. The highest BCUT2D eigenvalue weighted by Crippen LogP contribution is 2.26. The van der Waals surface area contributed by atoms with Gasteiger partial charge in [0.05, 0.1) is 4.90 Å². The largest absolute Gasteiger partial charge is 0.298 e. The zero-order chi connectivity index (χ0) is 17.9. The number of carbonyl (C=O) groups is 1. The maximum absolute atomic E-state index is 12.8. The first-order valence-corrected chi connectivity index (χ1v) is 10.6. The second kappa shape index (κ2) is 7.63. The number of hydrogen-bond donors (Lipinski definition) is 1. The van der Waals surface area contributed by atoms with Crippen molar-refractivity contribution in [2.24, 2.45) is 0 Å². The third-order valence-electron chi connectivity index (χ3n) is 4.54. The van der Waals surface area contributed by atoms with Crippen LogP contribution in [0.5, 0.6) is 0 Å². The Morgan fingerprint density at radius 2 is 1.88 bits per heavy atom. The Hall–Kier alpha value is -1.77. The summed E-state index contributed by atoms with van der Waals surface area (Å²) in [7, 11) is -1.89. The lowest BCUT2D eigenvalue weighted by molar-refractivity contribution is 0.102. The zero-order valence-corrected chi connectivity index (χ0v) is 15.6. The third kappa shape index (κ3) is 4.08. The summed E-state index contributed by atoms with van der Waals surface area (Å²) in [5.74, 6) is -0.306. The van der Waals surface area contributed by atoms with Crippen LogP contribution in [0.4, 0.5) is 5.13 Å². The average Bonchev–Trinajstić information content (AvgIpc) is 3.15. The average molecular weight is 380 g/mol. The second-order valence-corrected chi connectivity index (χ2v) is 9.02. The van der Waals surface area contributed by atoms with E-state index in [4.69, 9.17) is 0 Å². The summed E-state index contributed by atoms with van der Waals surface area (Å²) < 4.78 is 27.1. The summed E-state index contributed by atoms with van der Waals surface area (Å²) in [6.07, 6.45) is 6.74. The van der Waals surface area contributed by atoms with Crippen LogP contribution in [0.2, 0.25) is 0 Å². The second-order valence-electron chi connectivity index (χ2n) is 6.13. The maximum Gasteiger partial charge on any atom is 0.257 e. The van der Waals surface area contributed by atoms with Crippen LogP contribution < -0.4 is 5.32 Å². The summed E-state index contributed by atoms with van der Waals surface area (Å²) >= 11 is 1.33. The van der Waals surface area contributed by atoms with Crippen molar-refractivity contribution in [3.05, 3.63) is 41.4 Å². The van der Waals surface area contributed by atoms with E-state index in [1.807, 2.05) is 0 Å². The standard InChI is InChI=1S/C17H21N3O3S2/c1-20(14-5-3-2-4-6-14)25(22,23)15-9-7-13(8-10-15)16(21)19-17-18-11-12-24-17/h7-12,14H,2-6H2,1H3,(H,18,19,21). The van der Waals surface area contributed by atoms with E-state index < -0.39 is 10.0 Å². The van der Waals surface area contributed by atoms with Gasteiger partial charge in [-0.3, -0.25) is 10.1 Å².